The maximum absolute atomic E-state index is 5.63. The molecule has 0 radical (unpaired) electrons. The first kappa shape index (κ1) is 14.3. The first-order chi connectivity index (χ1) is 10.7. The van der Waals surface area contributed by atoms with Crippen LogP contribution in [0.5, 0.6) is 5.75 Å². The number of aryl methyl sites for hydroxylation is 1. The van der Waals surface area contributed by atoms with Gasteiger partial charge in [0.2, 0.25) is 4.77 Å². The fraction of sp³-hybridized carbons (Fsp3) is 0.133. The Morgan fingerprint density at radius 2 is 2.14 bits per heavy atom. The van der Waals surface area contributed by atoms with Crippen LogP contribution in [0.25, 0.3) is 0 Å². The van der Waals surface area contributed by atoms with Gasteiger partial charge in [0.05, 0.1) is 6.21 Å². The first-order valence-corrected chi connectivity index (χ1v) is 7.08. The molecule has 2 heterocycles. The van der Waals surface area contributed by atoms with Crippen LogP contribution in [-0.2, 0) is 6.61 Å². The molecule has 0 aliphatic heterocycles. The Morgan fingerprint density at radius 3 is 2.86 bits per heavy atom. The largest absolute Gasteiger partial charge is 0.486 e. The highest BCUT2D eigenvalue weighted by atomic mass is 32.1. The van der Waals surface area contributed by atoms with Gasteiger partial charge in [0.1, 0.15) is 29.7 Å². The third-order valence-electron chi connectivity index (χ3n) is 2.92. The van der Waals surface area contributed by atoms with Crippen molar-refractivity contribution in [3.63, 3.8) is 0 Å². The Bertz CT molecular complexity index is 833. The summed E-state index contributed by atoms with van der Waals surface area (Å²) in [5, 5.41) is 10.9. The number of para-hydroxylation sites is 1. The van der Waals surface area contributed by atoms with Crippen molar-refractivity contribution >= 4 is 18.4 Å². The zero-order chi connectivity index (χ0) is 15.4. The first-order valence-electron chi connectivity index (χ1n) is 6.67. The van der Waals surface area contributed by atoms with E-state index in [1.54, 1.807) is 6.21 Å². The Labute approximate surface area is 132 Å². The number of furan rings is 1. The van der Waals surface area contributed by atoms with Gasteiger partial charge in [-0.25, -0.2) is 0 Å². The van der Waals surface area contributed by atoms with Gasteiger partial charge in [0.25, 0.3) is 0 Å². The van der Waals surface area contributed by atoms with Crippen LogP contribution in [-0.4, -0.2) is 21.1 Å². The Kier molecular flexibility index (Phi) is 4.15. The molecule has 7 heteroatoms. The summed E-state index contributed by atoms with van der Waals surface area (Å²) in [7, 11) is 0. The van der Waals surface area contributed by atoms with E-state index in [0.717, 1.165) is 11.5 Å². The highest BCUT2D eigenvalue weighted by molar-refractivity contribution is 7.71. The fourth-order valence-corrected chi connectivity index (χ4v) is 2.06. The molecule has 0 saturated heterocycles. The molecule has 0 aliphatic rings. The summed E-state index contributed by atoms with van der Waals surface area (Å²) in [5.41, 5.74) is 0. The van der Waals surface area contributed by atoms with Crippen molar-refractivity contribution < 1.29 is 9.15 Å². The minimum atomic E-state index is 0.363. The van der Waals surface area contributed by atoms with E-state index in [-0.39, 0.29) is 0 Å². The summed E-state index contributed by atoms with van der Waals surface area (Å²) in [5.74, 6) is 2.82. The smallest absolute Gasteiger partial charge is 0.216 e. The molecule has 3 rings (SSSR count). The second-order valence-electron chi connectivity index (χ2n) is 4.54. The van der Waals surface area contributed by atoms with Crippen LogP contribution < -0.4 is 4.74 Å². The van der Waals surface area contributed by atoms with Gasteiger partial charge in [-0.05, 0) is 43.4 Å². The number of aromatic nitrogens is 3. The molecule has 3 aromatic rings. The standard InChI is InChI=1S/C15H14N4O2S/c1-11-17-18-15(22)19(11)16-9-13-7-8-14(21-13)10-20-12-5-3-2-4-6-12/h2-9H,10H2,1H3,(H,18,22)/b16-9-. The Hall–Kier alpha value is -2.67. The van der Waals surface area contributed by atoms with Crippen LogP contribution in [0.1, 0.15) is 17.3 Å². The van der Waals surface area contributed by atoms with Crippen molar-refractivity contribution in [3.05, 3.63) is 64.6 Å². The number of aromatic amines is 1. The summed E-state index contributed by atoms with van der Waals surface area (Å²) in [6, 6.07) is 13.3. The molecule has 6 nitrogen and oxygen atoms in total. The lowest BCUT2D eigenvalue weighted by Gasteiger charge is -2.02. The predicted molar refractivity (Wildman–Crippen MR) is 84.6 cm³/mol. The Balaban J connectivity index is 1.65. The van der Waals surface area contributed by atoms with Crippen LogP contribution in [0, 0.1) is 11.7 Å². The second-order valence-corrected chi connectivity index (χ2v) is 4.92. The summed E-state index contributed by atoms with van der Waals surface area (Å²) in [6.07, 6.45) is 1.59. The van der Waals surface area contributed by atoms with Gasteiger partial charge in [-0.3, -0.25) is 5.10 Å². The van der Waals surface area contributed by atoms with Crippen molar-refractivity contribution in [2.75, 3.05) is 0 Å². The van der Waals surface area contributed by atoms with Crippen LogP contribution in [0.15, 0.2) is 52.0 Å². The number of hydrogen-bond donors (Lipinski definition) is 1. The average Bonchev–Trinajstić information content (AvgIpc) is 3.12. The van der Waals surface area contributed by atoms with Crippen molar-refractivity contribution in [3.8, 4) is 5.75 Å². The number of ether oxygens (including phenoxy) is 1. The topological polar surface area (TPSA) is 68.3 Å². The molecule has 2 aromatic heterocycles. The number of nitrogens with zero attached hydrogens (tertiary/aromatic N) is 3. The number of rotatable bonds is 5. The molecule has 1 aromatic carbocycles. The van der Waals surface area contributed by atoms with Crippen molar-refractivity contribution in [2.45, 2.75) is 13.5 Å². The zero-order valence-corrected chi connectivity index (χ0v) is 12.7. The maximum atomic E-state index is 5.63. The molecule has 0 aliphatic carbocycles. The number of benzene rings is 1. The molecular weight excluding hydrogens is 300 g/mol. The molecule has 0 unspecified atom stereocenters. The summed E-state index contributed by atoms with van der Waals surface area (Å²) < 4.78 is 13.2. The van der Waals surface area contributed by atoms with E-state index in [1.807, 2.05) is 49.4 Å². The highest BCUT2D eigenvalue weighted by Gasteiger charge is 2.02. The van der Waals surface area contributed by atoms with Gasteiger partial charge in [-0.1, -0.05) is 18.2 Å². The monoisotopic (exact) mass is 314 g/mol. The van der Waals surface area contributed by atoms with Gasteiger partial charge in [-0.2, -0.15) is 14.9 Å². The molecule has 0 spiro atoms. The van der Waals surface area contributed by atoms with E-state index < -0.39 is 0 Å². The highest BCUT2D eigenvalue weighted by Crippen LogP contribution is 2.13. The van der Waals surface area contributed by atoms with E-state index in [9.17, 15) is 0 Å². The van der Waals surface area contributed by atoms with E-state index in [1.165, 1.54) is 4.68 Å². The third-order valence-corrected chi connectivity index (χ3v) is 3.18. The van der Waals surface area contributed by atoms with Gasteiger partial charge in [0.15, 0.2) is 0 Å². The average molecular weight is 314 g/mol. The van der Waals surface area contributed by atoms with Gasteiger partial charge >= 0.3 is 0 Å². The van der Waals surface area contributed by atoms with E-state index >= 15 is 0 Å². The van der Waals surface area contributed by atoms with Crippen LogP contribution >= 0.6 is 12.2 Å². The number of H-pyrrole nitrogens is 1. The molecule has 112 valence electrons. The summed E-state index contributed by atoms with van der Waals surface area (Å²) in [6.45, 7) is 2.17. The second kappa shape index (κ2) is 6.40. The quantitative estimate of drug-likeness (QED) is 0.579. The van der Waals surface area contributed by atoms with Crippen molar-refractivity contribution in [1.82, 2.24) is 14.9 Å². The fourth-order valence-electron chi connectivity index (χ4n) is 1.83. The lowest BCUT2D eigenvalue weighted by Crippen LogP contribution is -1.94. The van der Waals surface area contributed by atoms with E-state index in [2.05, 4.69) is 15.3 Å². The molecule has 22 heavy (non-hydrogen) atoms. The summed E-state index contributed by atoms with van der Waals surface area (Å²) in [4.78, 5) is 0. The van der Waals surface area contributed by atoms with E-state index in [0.29, 0.717) is 23.0 Å². The number of hydrogen-bond acceptors (Lipinski definition) is 5. The van der Waals surface area contributed by atoms with E-state index in [4.69, 9.17) is 21.4 Å². The predicted octanol–water partition coefficient (Wildman–Crippen LogP) is 3.30. The molecule has 0 saturated carbocycles. The lowest BCUT2D eigenvalue weighted by molar-refractivity contribution is 0.270. The van der Waals surface area contributed by atoms with Gasteiger partial charge in [-0.15, -0.1) is 0 Å². The summed E-state index contributed by atoms with van der Waals surface area (Å²) >= 11 is 5.07. The molecular formula is C15H14N4O2S. The van der Waals surface area contributed by atoms with Gasteiger partial charge in [0, 0.05) is 0 Å². The molecule has 0 fully saturated rings. The number of nitrogens with one attached hydrogen (secondary N) is 1. The minimum Gasteiger partial charge on any atom is -0.486 e. The Morgan fingerprint density at radius 1 is 1.32 bits per heavy atom. The van der Waals surface area contributed by atoms with Crippen LogP contribution in [0.2, 0.25) is 0 Å². The molecule has 1 N–H and O–H groups in total. The minimum absolute atomic E-state index is 0.363. The van der Waals surface area contributed by atoms with Crippen molar-refractivity contribution in [2.24, 2.45) is 5.10 Å². The van der Waals surface area contributed by atoms with Gasteiger partial charge < -0.3 is 9.15 Å². The lowest BCUT2D eigenvalue weighted by atomic mass is 10.3. The molecule has 0 atom stereocenters. The molecule has 0 bridgehead atoms. The third kappa shape index (κ3) is 3.32. The van der Waals surface area contributed by atoms with Crippen LogP contribution in [0.3, 0.4) is 0 Å². The zero-order valence-electron chi connectivity index (χ0n) is 11.9. The molecule has 0 amide bonds. The SMILES string of the molecule is Cc1n[nH]c(=S)n1/N=C\c1ccc(COc2ccccc2)o1. The maximum Gasteiger partial charge on any atom is 0.216 e. The van der Waals surface area contributed by atoms with Crippen LogP contribution in [0.4, 0.5) is 0 Å². The normalized spacial score (nSPS) is 11.1. The van der Waals surface area contributed by atoms with Crippen molar-refractivity contribution in [1.29, 1.82) is 0 Å².